The Morgan fingerprint density at radius 3 is 2.48 bits per heavy atom. The summed E-state index contributed by atoms with van der Waals surface area (Å²) in [5.74, 6) is -1.72. The summed E-state index contributed by atoms with van der Waals surface area (Å²) in [5.41, 5.74) is 1.28. The molecule has 5 rings (SSSR count). The van der Waals surface area contributed by atoms with Crippen molar-refractivity contribution < 1.29 is 13.5 Å². The van der Waals surface area contributed by atoms with Crippen LogP contribution >= 0.6 is 0 Å². The summed E-state index contributed by atoms with van der Waals surface area (Å²) in [5, 5.41) is 6.96. The molecule has 0 amide bonds. The number of morpholine rings is 1. The van der Waals surface area contributed by atoms with Crippen LogP contribution in [0.25, 0.3) is 10.9 Å². The van der Waals surface area contributed by atoms with E-state index < -0.39 is 5.92 Å². The summed E-state index contributed by atoms with van der Waals surface area (Å²) in [6.45, 7) is 6.77. The second-order valence-corrected chi connectivity index (χ2v) is 8.21. The van der Waals surface area contributed by atoms with Crippen LogP contribution in [0.3, 0.4) is 0 Å². The van der Waals surface area contributed by atoms with Gasteiger partial charge in [0.2, 0.25) is 5.95 Å². The van der Waals surface area contributed by atoms with Crippen molar-refractivity contribution in [3.8, 4) is 0 Å². The Bertz CT molecular complexity index is 1110. The number of halogens is 2. The first-order chi connectivity index (χ1) is 16.0. The number of nitrogens with one attached hydrogen (secondary N) is 2. The van der Waals surface area contributed by atoms with Crippen molar-refractivity contribution >= 4 is 34.2 Å². The van der Waals surface area contributed by atoms with Gasteiger partial charge < -0.3 is 25.2 Å². The fraction of sp³-hybridized carbons (Fsp3) is 0.455. The quantitative estimate of drug-likeness (QED) is 0.601. The third-order valence-corrected chi connectivity index (χ3v) is 5.78. The molecule has 0 atom stereocenters. The van der Waals surface area contributed by atoms with E-state index in [0.717, 1.165) is 38.8 Å². The van der Waals surface area contributed by atoms with E-state index in [2.05, 4.69) is 35.5 Å². The van der Waals surface area contributed by atoms with Gasteiger partial charge in [-0.1, -0.05) is 0 Å². The van der Waals surface area contributed by atoms with Crippen molar-refractivity contribution in [2.45, 2.75) is 12.8 Å². The molecule has 0 aliphatic carbocycles. The second-order valence-electron chi connectivity index (χ2n) is 8.21. The number of ether oxygens (including phenoxy) is 1. The molecule has 2 aliphatic rings. The molecule has 2 saturated heterocycles. The van der Waals surface area contributed by atoms with Crippen LogP contribution in [0.2, 0.25) is 0 Å². The Balaban J connectivity index is 1.44. The summed E-state index contributed by atoms with van der Waals surface area (Å²) in [7, 11) is 0. The van der Waals surface area contributed by atoms with Gasteiger partial charge in [0.25, 0.3) is 5.92 Å². The van der Waals surface area contributed by atoms with E-state index in [1.807, 2.05) is 23.2 Å². The van der Waals surface area contributed by atoms with Crippen LogP contribution in [0.15, 0.2) is 30.6 Å². The molecule has 2 aliphatic heterocycles. The molecule has 3 aromatic rings. The first kappa shape index (κ1) is 21.7. The lowest BCUT2D eigenvalue weighted by molar-refractivity contribution is 0.0130. The van der Waals surface area contributed by atoms with E-state index in [1.165, 1.54) is 6.07 Å². The molecule has 2 fully saturated rings. The van der Waals surface area contributed by atoms with E-state index in [0.29, 0.717) is 54.8 Å². The normalized spacial score (nSPS) is 17.4. The van der Waals surface area contributed by atoms with Crippen molar-refractivity contribution in [1.82, 2.24) is 25.3 Å². The minimum atomic E-state index is -3.07. The maximum absolute atomic E-state index is 14.1. The predicted molar refractivity (Wildman–Crippen MR) is 123 cm³/mol. The van der Waals surface area contributed by atoms with Gasteiger partial charge in [0.15, 0.2) is 5.82 Å². The predicted octanol–water partition coefficient (Wildman–Crippen LogP) is 2.52. The summed E-state index contributed by atoms with van der Waals surface area (Å²) in [4.78, 5) is 21.9. The zero-order valence-corrected chi connectivity index (χ0v) is 18.4. The summed E-state index contributed by atoms with van der Waals surface area (Å²) in [6, 6.07) is 5.24. The Hall–Kier alpha value is -3.18. The highest BCUT2D eigenvalue weighted by molar-refractivity contribution is 5.89. The van der Waals surface area contributed by atoms with Crippen molar-refractivity contribution in [2.24, 2.45) is 0 Å². The minimum Gasteiger partial charge on any atom is -0.378 e. The molecular formula is C22H26F2N8O. The Kier molecular flexibility index (Phi) is 5.90. The van der Waals surface area contributed by atoms with E-state index in [-0.39, 0.29) is 5.69 Å². The lowest BCUT2D eigenvalue weighted by atomic mass is 10.1. The molecule has 5 heterocycles. The number of piperazine rings is 1. The number of anilines is 4. The number of fused-ring (bicyclic) bond motifs is 1. The van der Waals surface area contributed by atoms with Crippen LogP contribution in [0, 0.1) is 0 Å². The van der Waals surface area contributed by atoms with Gasteiger partial charge in [0, 0.05) is 57.8 Å². The minimum absolute atomic E-state index is 0.300. The molecule has 0 radical (unpaired) electrons. The number of rotatable bonds is 5. The molecule has 3 aromatic heterocycles. The van der Waals surface area contributed by atoms with Gasteiger partial charge in [-0.25, -0.2) is 19.9 Å². The third kappa shape index (κ3) is 4.79. The molecule has 0 spiro atoms. The zero-order chi connectivity index (χ0) is 22.8. The smallest absolute Gasteiger partial charge is 0.287 e. The monoisotopic (exact) mass is 456 g/mol. The molecule has 11 heteroatoms. The Morgan fingerprint density at radius 1 is 1.00 bits per heavy atom. The topological polar surface area (TPSA) is 91.3 Å². The summed E-state index contributed by atoms with van der Waals surface area (Å²) < 4.78 is 33.6. The lowest BCUT2D eigenvalue weighted by Gasteiger charge is -2.29. The van der Waals surface area contributed by atoms with Crippen molar-refractivity contribution in [2.75, 3.05) is 67.6 Å². The second kappa shape index (κ2) is 8.99. The first-order valence-corrected chi connectivity index (χ1v) is 11.0. The summed E-state index contributed by atoms with van der Waals surface area (Å²) in [6.07, 6.45) is 3.37. The molecule has 33 heavy (non-hydrogen) atoms. The average molecular weight is 457 g/mol. The molecule has 0 bridgehead atoms. The highest BCUT2D eigenvalue weighted by Gasteiger charge is 2.29. The fourth-order valence-electron chi connectivity index (χ4n) is 3.99. The third-order valence-electron chi connectivity index (χ3n) is 5.78. The largest absolute Gasteiger partial charge is 0.378 e. The number of hydrogen-bond donors (Lipinski definition) is 2. The number of aromatic nitrogens is 4. The van der Waals surface area contributed by atoms with E-state index in [4.69, 9.17) is 4.74 Å². The highest BCUT2D eigenvalue weighted by atomic mass is 19.3. The van der Waals surface area contributed by atoms with Crippen LogP contribution in [0.5, 0.6) is 0 Å². The molecule has 174 valence electrons. The van der Waals surface area contributed by atoms with E-state index in [1.54, 1.807) is 6.20 Å². The average Bonchev–Trinajstić information content (AvgIpc) is 2.84. The molecule has 0 aromatic carbocycles. The number of nitrogens with zero attached hydrogens (tertiary/aromatic N) is 6. The number of alkyl halides is 2. The van der Waals surface area contributed by atoms with Crippen LogP contribution in [0.4, 0.5) is 32.1 Å². The standard InChI is InChI=1S/C22H26F2N8O/c1-22(23,24)17-12-15-13-27-21(30-19(15)20(28-17)32-8-10-33-11-9-32)29-18-3-2-16(14-26-18)31-6-4-25-5-7-31/h2-3,12-14,25H,4-11H2,1H3,(H,26,27,29,30). The van der Waals surface area contributed by atoms with Crippen LogP contribution in [-0.4, -0.2) is 72.4 Å². The molecule has 2 N–H and O–H groups in total. The Labute approximate surface area is 190 Å². The van der Waals surface area contributed by atoms with E-state index in [9.17, 15) is 8.78 Å². The maximum Gasteiger partial charge on any atom is 0.287 e. The highest BCUT2D eigenvalue weighted by Crippen LogP contribution is 2.32. The van der Waals surface area contributed by atoms with Gasteiger partial charge in [0.1, 0.15) is 17.0 Å². The molecular weight excluding hydrogens is 430 g/mol. The van der Waals surface area contributed by atoms with Gasteiger partial charge in [-0.05, 0) is 18.2 Å². The molecule has 0 unspecified atom stereocenters. The van der Waals surface area contributed by atoms with Gasteiger partial charge in [-0.15, -0.1) is 0 Å². The molecule has 9 nitrogen and oxygen atoms in total. The van der Waals surface area contributed by atoms with E-state index >= 15 is 0 Å². The van der Waals surface area contributed by atoms with Gasteiger partial charge in [0.05, 0.1) is 25.1 Å². The summed E-state index contributed by atoms with van der Waals surface area (Å²) >= 11 is 0. The van der Waals surface area contributed by atoms with Crippen LogP contribution in [0.1, 0.15) is 12.6 Å². The first-order valence-electron chi connectivity index (χ1n) is 11.0. The fourth-order valence-corrected chi connectivity index (χ4v) is 3.99. The number of pyridine rings is 2. The molecule has 0 saturated carbocycles. The number of hydrogen-bond acceptors (Lipinski definition) is 9. The van der Waals surface area contributed by atoms with Crippen molar-refractivity contribution in [1.29, 1.82) is 0 Å². The van der Waals surface area contributed by atoms with Gasteiger partial charge in [-0.3, -0.25) is 0 Å². The van der Waals surface area contributed by atoms with Crippen molar-refractivity contribution in [3.63, 3.8) is 0 Å². The maximum atomic E-state index is 14.1. The van der Waals surface area contributed by atoms with Crippen LogP contribution in [-0.2, 0) is 10.7 Å². The zero-order valence-electron chi connectivity index (χ0n) is 18.4. The Morgan fingerprint density at radius 2 is 1.79 bits per heavy atom. The van der Waals surface area contributed by atoms with Crippen LogP contribution < -0.4 is 20.4 Å². The van der Waals surface area contributed by atoms with Gasteiger partial charge >= 0.3 is 0 Å². The van der Waals surface area contributed by atoms with Gasteiger partial charge in [-0.2, -0.15) is 8.78 Å². The van der Waals surface area contributed by atoms with Crippen molar-refractivity contribution in [3.05, 3.63) is 36.3 Å². The SMILES string of the molecule is CC(F)(F)c1cc2cnc(Nc3ccc(N4CCNCC4)cn3)nc2c(N2CCOCC2)n1. The lowest BCUT2D eigenvalue weighted by Crippen LogP contribution is -2.43.